The van der Waals surface area contributed by atoms with Gasteiger partial charge in [0, 0.05) is 19.4 Å². The molecule has 0 saturated heterocycles. The maximum absolute atomic E-state index is 13.4. The van der Waals surface area contributed by atoms with Crippen molar-refractivity contribution in [3.63, 3.8) is 0 Å². The molecule has 112 valence electrons. The van der Waals surface area contributed by atoms with Gasteiger partial charge in [0.25, 0.3) is 0 Å². The summed E-state index contributed by atoms with van der Waals surface area (Å²) in [5, 5.41) is 14.3. The van der Waals surface area contributed by atoms with Gasteiger partial charge in [0.1, 0.15) is 5.82 Å². The van der Waals surface area contributed by atoms with Gasteiger partial charge in [0.15, 0.2) is 0 Å². The number of hydrogen-bond donors (Lipinski definition) is 3. The fraction of sp³-hybridized carbons (Fsp3) is 0.500. The molecule has 6 heteroatoms. The summed E-state index contributed by atoms with van der Waals surface area (Å²) in [6.45, 7) is 3.61. The Morgan fingerprint density at radius 1 is 1.50 bits per heavy atom. The molecule has 1 unspecified atom stereocenters. The zero-order chi connectivity index (χ0) is 15.2. The van der Waals surface area contributed by atoms with Crippen molar-refractivity contribution in [1.29, 1.82) is 0 Å². The molecule has 0 aliphatic heterocycles. The van der Waals surface area contributed by atoms with Crippen LogP contribution in [-0.2, 0) is 4.74 Å². The highest BCUT2D eigenvalue weighted by Crippen LogP contribution is 2.14. The van der Waals surface area contributed by atoms with E-state index in [4.69, 9.17) is 9.84 Å². The molecule has 0 saturated carbocycles. The summed E-state index contributed by atoms with van der Waals surface area (Å²) in [4.78, 5) is 11.9. The van der Waals surface area contributed by atoms with Crippen LogP contribution in [-0.4, -0.2) is 37.0 Å². The van der Waals surface area contributed by atoms with Crippen LogP contribution in [0.3, 0.4) is 0 Å². The molecule has 0 aliphatic rings. The predicted octanol–water partition coefficient (Wildman–Crippen LogP) is 2.04. The Bertz CT molecular complexity index is 460. The molecule has 0 fully saturated rings. The third-order valence-electron chi connectivity index (χ3n) is 2.97. The van der Waals surface area contributed by atoms with Crippen LogP contribution >= 0.6 is 0 Å². The Labute approximate surface area is 118 Å². The number of aliphatic hydroxyl groups excluding tert-OH is 1. The third kappa shape index (κ3) is 4.79. The SMILES string of the molecule is COCC(C)(CCO)NC(=O)Nc1ccc(C)c(F)c1. The van der Waals surface area contributed by atoms with Crippen LogP contribution in [0.5, 0.6) is 0 Å². The minimum absolute atomic E-state index is 0.0701. The number of carbonyl (C=O) groups excluding carboxylic acids is 1. The summed E-state index contributed by atoms with van der Waals surface area (Å²) in [6, 6.07) is 4.00. The van der Waals surface area contributed by atoms with Crippen molar-refractivity contribution in [3.8, 4) is 0 Å². The molecule has 3 N–H and O–H groups in total. The van der Waals surface area contributed by atoms with Crippen LogP contribution in [0.2, 0.25) is 0 Å². The van der Waals surface area contributed by atoms with Gasteiger partial charge in [-0.2, -0.15) is 0 Å². The number of nitrogens with one attached hydrogen (secondary N) is 2. The van der Waals surface area contributed by atoms with Crippen molar-refractivity contribution in [3.05, 3.63) is 29.6 Å². The van der Waals surface area contributed by atoms with Crippen molar-refractivity contribution in [1.82, 2.24) is 5.32 Å². The number of ether oxygens (including phenoxy) is 1. The van der Waals surface area contributed by atoms with Crippen LogP contribution < -0.4 is 10.6 Å². The number of anilines is 1. The summed E-state index contributed by atoms with van der Waals surface area (Å²) in [5.41, 5.74) is 0.200. The normalized spacial score (nSPS) is 13.7. The second-order valence-corrected chi connectivity index (χ2v) is 5.01. The molecule has 1 atom stereocenters. The Hall–Kier alpha value is -1.66. The standard InChI is InChI=1S/C14H21FN2O3/c1-10-4-5-11(8-12(10)15)16-13(19)17-14(2,6-7-18)9-20-3/h4-5,8,18H,6-7,9H2,1-3H3,(H2,16,17,19). The average Bonchev–Trinajstić information content (AvgIpc) is 2.34. The molecule has 1 aromatic rings. The van der Waals surface area contributed by atoms with E-state index in [9.17, 15) is 9.18 Å². The Kier molecular flexibility index (Phi) is 5.91. The molecular formula is C14H21FN2O3. The number of methoxy groups -OCH3 is 1. The molecule has 5 nitrogen and oxygen atoms in total. The first-order valence-corrected chi connectivity index (χ1v) is 6.35. The van der Waals surface area contributed by atoms with E-state index in [1.165, 1.54) is 13.2 Å². The monoisotopic (exact) mass is 284 g/mol. The largest absolute Gasteiger partial charge is 0.396 e. The summed E-state index contributed by atoms with van der Waals surface area (Å²) >= 11 is 0. The van der Waals surface area contributed by atoms with Gasteiger partial charge >= 0.3 is 6.03 Å². The van der Waals surface area contributed by atoms with Crippen LogP contribution in [0.15, 0.2) is 18.2 Å². The molecule has 0 radical (unpaired) electrons. The third-order valence-corrected chi connectivity index (χ3v) is 2.97. The second-order valence-electron chi connectivity index (χ2n) is 5.01. The van der Waals surface area contributed by atoms with E-state index in [1.807, 2.05) is 0 Å². The number of halogens is 1. The molecule has 0 bridgehead atoms. The van der Waals surface area contributed by atoms with Crippen LogP contribution in [0.1, 0.15) is 18.9 Å². The lowest BCUT2D eigenvalue weighted by molar-refractivity contribution is 0.104. The summed E-state index contributed by atoms with van der Waals surface area (Å²) in [5.74, 6) is -0.377. The minimum Gasteiger partial charge on any atom is -0.396 e. The molecule has 0 spiro atoms. The van der Waals surface area contributed by atoms with E-state index in [0.717, 1.165) is 0 Å². The molecular weight excluding hydrogens is 263 g/mol. The first kappa shape index (κ1) is 16.4. The highest BCUT2D eigenvalue weighted by atomic mass is 19.1. The van der Waals surface area contributed by atoms with Gasteiger partial charge in [-0.05, 0) is 38.0 Å². The van der Waals surface area contributed by atoms with Gasteiger partial charge in [0.05, 0.1) is 12.1 Å². The first-order chi connectivity index (χ1) is 9.40. The molecule has 0 aliphatic carbocycles. The number of rotatable bonds is 6. The number of aliphatic hydroxyl groups is 1. The topological polar surface area (TPSA) is 70.6 Å². The van der Waals surface area contributed by atoms with E-state index in [1.54, 1.807) is 26.0 Å². The number of carbonyl (C=O) groups is 1. The number of hydrogen-bond acceptors (Lipinski definition) is 3. The lowest BCUT2D eigenvalue weighted by Crippen LogP contribution is -2.51. The van der Waals surface area contributed by atoms with E-state index in [-0.39, 0.29) is 19.0 Å². The van der Waals surface area contributed by atoms with Crippen molar-refractivity contribution < 1.29 is 19.0 Å². The van der Waals surface area contributed by atoms with Crippen LogP contribution in [0, 0.1) is 12.7 Å². The number of amides is 2. The van der Waals surface area contributed by atoms with Gasteiger partial charge in [-0.1, -0.05) is 6.07 Å². The van der Waals surface area contributed by atoms with Gasteiger partial charge < -0.3 is 20.5 Å². The molecule has 2 amide bonds. The van der Waals surface area contributed by atoms with Crippen molar-refractivity contribution in [2.45, 2.75) is 25.8 Å². The van der Waals surface area contributed by atoms with E-state index in [2.05, 4.69) is 10.6 Å². The molecule has 0 heterocycles. The summed E-state index contributed by atoms with van der Waals surface area (Å²) in [6.07, 6.45) is 0.358. The van der Waals surface area contributed by atoms with E-state index >= 15 is 0 Å². The van der Waals surface area contributed by atoms with E-state index < -0.39 is 11.6 Å². The fourth-order valence-electron chi connectivity index (χ4n) is 1.84. The zero-order valence-electron chi connectivity index (χ0n) is 12.0. The summed E-state index contributed by atoms with van der Waals surface area (Å²) in [7, 11) is 1.52. The lowest BCUT2D eigenvalue weighted by atomic mass is 10.00. The van der Waals surface area contributed by atoms with Crippen molar-refractivity contribution in [2.24, 2.45) is 0 Å². The Morgan fingerprint density at radius 3 is 2.75 bits per heavy atom. The van der Waals surface area contributed by atoms with Crippen molar-refractivity contribution in [2.75, 3.05) is 25.6 Å². The Balaban J connectivity index is 2.67. The quantitative estimate of drug-likeness (QED) is 0.748. The maximum atomic E-state index is 13.4. The molecule has 0 aromatic heterocycles. The average molecular weight is 284 g/mol. The van der Waals surface area contributed by atoms with Crippen molar-refractivity contribution >= 4 is 11.7 Å². The first-order valence-electron chi connectivity index (χ1n) is 6.35. The van der Waals surface area contributed by atoms with Gasteiger partial charge in [-0.15, -0.1) is 0 Å². The number of benzene rings is 1. The highest BCUT2D eigenvalue weighted by molar-refractivity contribution is 5.89. The molecule has 1 rings (SSSR count). The van der Waals surface area contributed by atoms with Gasteiger partial charge in [0.2, 0.25) is 0 Å². The maximum Gasteiger partial charge on any atom is 0.319 e. The smallest absolute Gasteiger partial charge is 0.319 e. The van der Waals surface area contributed by atoms with E-state index in [0.29, 0.717) is 17.7 Å². The van der Waals surface area contributed by atoms with Gasteiger partial charge in [-0.25, -0.2) is 9.18 Å². The molecule has 20 heavy (non-hydrogen) atoms. The minimum atomic E-state index is -0.684. The number of aryl methyl sites for hydroxylation is 1. The molecule has 1 aromatic carbocycles. The highest BCUT2D eigenvalue weighted by Gasteiger charge is 2.25. The van der Waals surface area contributed by atoms with Crippen LogP contribution in [0.4, 0.5) is 14.9 Å². The van der Waals surface area contributed by atoms with Gasteiger partial charge in [-0.3, -0.25) is 0 Å². The Morgan fingerprint density at radius 2 is 2.20 bits per heavy atom. The zero-order valence-corrected chi connectivity index (χ0v) is 12.0. The van der Waals surface area contributed by atoms with Crippen LogP contribution in [0.25, 0.3) is 0 Å². The number of urea groups is 1. The summed E-state index contributed by atoms with van der Waals surface area (Å²) < 4.78 is 18.4. The predicted molar refractivity (Wildman–Crippen MR) is 75.3 cm³/mol. The fourth-order valence-corrected chi connectivity index (χ4v) is 1.84. The second kappa shape index (κ2) is 7.21. The lowest BCUT2D eigenvalue weighted by Gasteiger charge is -2.29.